The van der Waals surface area contributed by atoms with Gasteiger partial charge in [0.2, 0.25) is 11.8 Å². The predicted molar refractivity (Wildman–Crippen MR) is 131 cm³/mol. The van der Waals surface area contributed by atoms with E-state index in [1.165, 1.54) is 11.1 Å². The average molecular weight is 449 g/mol. The second-order valence-electron chi connectivity index (χ2n) is 9.66. The monoisotopic (exact) mass is 448 g/mol. The zero-order valence-corrected chi connectivity index (χ0v) is 19.7. The number of likely N-dealkylation sites (tertiary alicyclic amines) is 2. The lowest BCUT2D eigenvalue weighted by Gasteiger charge is -2.31. The van der Waals surface area contributed by atoms with Crippen LogP contribution < -0.4 is 11.1 Å². The van der Waals surface area contributed by atoms with E-state index in [1.54, 1.807) is 13.8 Å². The minimum atomic E-state index is -0.633. The number of hydrogen-bond acceptors (Lipinski definition) is 4. The van der Waals surface area contributed by atoms with Crippen molar-refractivity contribution in [3.8, 4) is 0 Å². The zero-order chi connectivity index (χ0) is 23.4. The number of amides is 2. The highest BCUT2D eigenvalue weighted by molar-refractivity contribution is 5.89. The van der Waals surface area contributed by atoms with E-state index in [9.17, 15) is 9.59 Å². The summed E-state index contributed by atoms with van der Waals surface area (Å²) in [6.45, 7) is 7.01. The Balaban J connectivity index is 1.46. The molecule has 0 saturated carbocycles. The fourth-order valence-corrected chi connectivity index (χ4v) is 5.28. The molecule has 5 atom stereocenters. The standard InChI is InChI=1S/C27H36N4O2/c1-19(28)26(32)29-20(2)27(33)31-17-24(22-11-7-4-8-12-22)15-25(31)18-30-14-13-23(16-30)21-9-5-3-6-10-21/h3-12,19-20,23-25H,13-18,28H2,1-2H3,(H,29,32)/t19?,20-,23+,24-,25-/m0/s1. The molecule has 2 aliphatic heterocycles. The van der Waals surface area contributed by atoms with Gasteiger partial charge in [0.15, 0.2) is 0 Å². The molecule has 2 heterocycles. The summed E-state index contributed by atoms with van der Waals surface area (Å²) in [6, 6.07) is 20.1. The lowest BCUT2D eigenvalue weighted by Crippen LogP contribution is -2.53. The first-order valence-corrected chi connectivity index (χ1v) is 12.1. The van der Waals surface area contributed by atoms with Crippen molar-refractivity contribution in [1.29, 1.82) is 0 Å². The molecule has 176 valence electrons. The molecule has 2 saturated heterocycles. The van der Waals surface area contributed by atoms with E-state index in [0.717, 1.165) is 32.5 Å². The zero-order valence-electron chi connectivity index (χ0n) is 19.7. The first kappa shape index (κ1) is 23.5. The van der Waals surface area contributed by atoms with Gasteiger partial charge in [-0.1, -0.05) is 60.7 Å². The van der Waals surface area contributed by atoms with E-state index >= 15 is 0 Å². The maximum Gasteiger partial charge on any atom is 0.245 e. The Kier molecular flexibility index (Phi) is 7.46. The molecule has 33 heavy (non-hydrogen) atoms. The molecular weight excluding hydrogens is 412 g/mol. The Morgan fingerprint density at radius 1 is 0.970 bits per heavy atom. The van der Waals surface area contributed by atoms with Gasteiger partial charge in [-0.25, -0.2) is 0 Å². The van der Waals surface area contributed by atoms with Gasteiger partial charge in [-0.05, 0) is 50.3 Å². The van der Waals surface area contributed by atoms with Crippen molar-refractivity contribution in [2.24, 2.45) is 5.73 Å². The van der Waals surface area contributed by atoms with Gasteiger partial charge in [-0.15, -0.1) is 0 Å². The molecule has 6 nitrogen and oxygen atoms in total. The predicted octanol–water partition coefficient (Wildman–Crippen LogP) is 2.71. The maximum absolute atomic E-state index is 13.4. The average Bonchev–Trinajstić information content (AvgIpc) is 3.47. The van der Waals surface area contributed by atoms with Crippen LogP contribution >= 0.6 is 0 Å². The summed E-state index contributed by atoms with van der Waals surface area (Å²) in [5, 5.41) is 2.78. The number of rotatable bonds is 7. The number of nitrogens with one attached hydrogen (secondary N) is 1. The van der Waals surface area contributed by atoms with Crippen molar-refractivity contribution in [3.63, 3.8) is 0 Å². The highest BCUT2D eigenvalue weighted by atomic mass is 16.2. The molecular formula is C27H36N4O2. The summed E-state index contributed by atoms with van der Waals surface area (Å²) >= 11 is 0. The quantitative estimate of drug-likeness (QED) is 0.683. The highest BCUT2D eigenvalue weighted by Gasteiger charge is 2.39. The van der Waals surface area contributed by atoms with Crippen molar-refractivity contribution in [2.75, 3.05) is 26.2 Å². The lowest BCUT2D eigenvalue weighted by molar-refractivity contribution is -0.137. The minimum Gasteiger partial charge on any atom is -0.343 e. The molecule has 1 unspecified atom stereocenters. The minimum absolute atomic E-state index is 0.0220. The Morgan fingerprint density at radius 2 is 1.58 bits per heavy atom. The molecule has 2 aromatic carbocycles. The summed E-state index contributed by atoms with van der Waals surface area (Å²) in [5.41, 5.74) is 8.36. The van der Waals surface area contributed by atoms with E-state index in [4.69, 9.17) is 5.73 Å². The number of benzene rings is 2. The van der Waals surface area contributed by atoms with Gasteiger partial charge in [0.25, 0.3) is 0 Å². The summed E-state index contributed by atoms with van der Waals surface area (Å²) in [6.07, 6.45) is 2.09. The first-order chi connectivity index (χ1) is 15.9. The van der Waals surface area contributed by atoms with Crippen LogP contribution in [-0.4, -0.2) is 65.9 Å². The van der Waals surface area contributed by atoms with Crippen molar-refractivity contribution in [2.45, 2.75) is 56.7 Å². The van der Waals surface area contributed by atoms with Crippen LogP contribution in [0.5, 0.6) is 0 Å². The maximum atomic E-state index is 13.4. The normalized spacial score (nSPS) is 25.1. The van der Waals surface area contributed by atoms with Gasteiger partial charge in [-0.2, -0.15) is 0 Å². The lowest BCUT2D eigenvalue weighted by atomic mass is 9.96. The molecule has 4 rings (SSSR count). The summed E-state index contributed by atoms with van der Waals surface area (Å²) in [7, 11) is 0. The molecule has 0 radical (unpaired) electrons. The molecule has 6 heteroatoms. The van der Waals surface area contributed by atoms with Gasteiger partial charge >= 0.3 is 0 Å². The van der Waals surface area contributed by atoms with E-state index in [1.807, 2.05) is 11.0 Å². The van der Waals surface area contributed by atoms with Crippen molar-refractivity contribution >= 4 is 11.8 Å². The summed E-state index contributed by atoms with van der Waals surface area (Å²) in [4.78, 5) is 30.0. The largest absolute Gasteiger partial charge is 0.343 e. The third kappa shape index (κ3) is 5.63. The van der Waals surface area contributed by atoms with Crippen LogP contribution in [0.4, 0.5) is 0 Å². The second-order valence-corrected chi connectivity index (χ2v) is 9.66. The molecule has 0 aromatic heterocycles. The number of hydrogen-bond donors (Lipinski definition) is 2. The van der Waals surface area contributed by atoms with Crippen LogP contribution in [0.2, 0.25) is 0 Å². The molecule has 2 amide bonds. The highest BCUT2D eigenvalue weighted by Crippen LogP contribution is 2.34. The molecule has 3 N–H and O–H groups in total. The molecule has 0 spiro atoms. The van der Waals surface area contributed by atoms with Gasteiger partial charge in [-0.3, -0.25) is 9.59 Å². The third-order valence-electron chi connectivity index (χ3n) is 7.12. The number of nitrogens with two attached hydrogens (primary N) is 1. The van der Waals surface area contributed by atoms with Crippen LogP contribution in [0.1, 0.15) is 49.7 Å². The smallest absolute Gasteiger partial charge is 0.245 e. The Morgan fingerprint density at radius 3 is 2.18 bits per heavy atom. The number of nitrogens with zero attached hydrogens (tertiary/aromatic N) is 2. The molecule has 2 aromatic rings. The van der Waals surface area contributed by atoms with Crippen molar-refractivity contribution < 1.29 is 9.59 Å². The van der Waals surface area contributed by atoms with E-state index < -0.39 is 12.1 Å². The van der Waals surface area contributed by atoms with Crippen molar-refractivity contribution in [3.05, 3.63) is 71.8 Å². The van der Waals surface area contributed by atoms with E-state index in [2.05, 4.69) is 64.8 Å². The van der Waals surface area contributed by atoms with Crippen LogP contribution in [0.25, 0.3) is 0 Å². The van der Waals surface area contributed by atoms with Crippen LogP contribution in [0.15, 0.2) is 60.7 Å². The fourth-order valence-electron chi connectivity index (χ4n) is 5.28. The first-order valence-electron chi connectivity index (χ1n) is 12.1. The van der Waals surface area contributed by atoms with E-state index in [-0.39, 0.29) is 17.9 Å². The summed E-state index contributed by atoms with van der Waals surface area (Å²) < 4.78 is 0. The second kappa shape index (κ2) is 10.5. The summed E-state index contributed by atoms with van der Waals surface area (Å²) in [5.74, 6) is 0.539. The third-order valence-corrected chi connectivity index (χ3v) is 7.12. The van der Waals surface area contributed by atoms with E-state index in [0.29, 0.717) is 18.4 Å². The van der Waals surface area contributed by atoms with Gasteiger partial charge in [0.05, 0.1) is 6.04 Å². The van der Waals surface area contributed by atoms with Crippen molar-refractivity contribution in [1.82, 2.24) is 15.1 Å². The topological polar surface area (TPSA) is 78.7 Å². The van der Waals surface area contributed by atoms with Gasteiger partial charge < -0.3 is 20.9 Å². The van der Waals surface area contributed by atoms with Crippen LogP contribution in [-0.2, 0) is 9.59 Å². The Bertz CT molecular complexity index is 934. The number of carbonyl (C=O) groups excluding carboxylic acids is 2. The molecule has 2 fully saturated rings. The van der Waals surface area contributed by atoms with Crippen LogP contribution in [0.3, 0.4) is 0 Å². The molecule has 2 aliphatic rings. The number of carbonyl (C=O) groups is 2. The Hall–Kier alpha value is -2.70. The van der Waals surface area contributed by atoms with Crippen LogP contribution in [0, 0.1) is 0 Å². The molecule has 0 bridgehead atoms. The van der Waals surface area contributed by atoms with Gasteiger partial charge in [0.1, 0.15) is 6.04 Å². The van der Waals surface area contributed by atoms with Gasteiger partial charge in [0, 0.05) is 31.6 Å². The molecule has 0 aliphatic carbocycles. The SMILES string of the molecule is CC(N)C(=O)N[C@@H](C)C(=O)N1C[C@@H](c2ccccc2)C[C@H]1CN1CC[C@@H](c2ccccc2)C1. The fraction of sp³-hybridized carbons (Fsp3) is 0.481. The Labute approximate surface area is 197 Å².